The van der Waals surface area contributed by atoms with E-state index in [0.29, 0.717) is 6.42 Å². The second-order valence-electron chi connectivity index (χ2n) is 4.72. The van der Waals surface area contributed by atoms with Crippen molar-refractivity contribution < 1.29 is 22.8 Å². The van der Waals surface area contributed by atoms with Crippen LogP contribution in [0.4, 0.5) is 18.9 Å². The van der Waals surface area contributed by atoms with E-state index in [4.69, 9.17) is 0 Å². The normalized spacial score (nSPS) is 19.0. The first kappa shape index (κ1) is 15.8. The van der Waals surface area contributed by atoms with Crippen molar-refractivity contribution >= 4 is 33.4 Å². The fourth-order valence-electron chi connectivity index (χ4n) is 2.05. The molecule has 0 radical (unpaired) electrons. The fraction of sp³-hybridized carbons (Fsp3) is 0.385. The van der Waals surface area contributed by atoms with E-state index in [1.54, 1.807) is 0 Å². The zero-order valence-corrected chi connectivity index (χ0v) is 12.3. The predicted octanol–water partition coefficient (Wildman–Crippen LogP) is 2.93. The Morgan fingerprint density at radius 3 is 2.67 bits per heavy atom. The molecule has 1 unspecified atom stereocenters. The van der Waals surface area contributed by atoms with Gasteiger partial charge in [0.15, 0.2) is 0 Å². The second kappa shape index (κ2) is 6.05. The number of rotatable bonds is 2. The number of hydrogen-bond donors (Lipinski definition) is 2. The van der Waals surface area contributed by atoms with E-state index in [9.17, 15) is 22.8 Å². The molecule has 21 heavy (non-hydrogen) atoms. The first-order valence-corrected chi connectivity index (χ1v) is 7.01. The molecule has 1 fully saturated rings. The summed E-state index contributed by atoms with van der Waals surface area (Å²) in [5.74, 6) is -1.20. The fourth-order valence-corrected chi connectivity index (χ4v) is 2.41. The van der Waals surface area contributed by atoms with E-state index in [-0.39, 0.29) is 29.0 Å². The minimum atomic E-state index is -4.56. The Morgan fingerprint density at radius 2 is 2.10 bits per heavy atom. The van der Waals surface area contributed by atoms with Crippen LogP contribution in [0, 0.1) is 5.92 Å². The molecule has 1 aromatic carbocycles. The monoisotopic (exact) mass is 364 g/mol. The van der Waals surface area contributed by atoms with Crippen molar-refractivity contribution in [3.63, 3.8) is 0 Å². The standard InChI is InChI=1S/C13H12BrF3N2O2/c14-8-2-3-10(9(5-8)13(15,16)17)19-12(21)7-1-4-11(20)18-6-7/h2-3,5,7H,1,4,6H2,(H,18,20)(H,19,21). The first-order chi connectivity index (χ1) is 9.77. The van der Waals surface area contributed by atoms with Crippen LogP contribution in [0.3, 0.4) is 0 Å². The number of nitrogens with one attached hydrogen (secondary N) is 2. The molecule has 114 valence electrons. The summed E-state index contributed by atoms with van der Waals surface area (Å²) < 4.78 is 39.1. The Balaban J connectivity index is 2.16. The minimum absolute atomic E-state index is 0.141. The molecule has 2 amide bonds. The number of halogens is 4. The molecule has 0 bridgehead atoms. The highest BCUT2D eigenvalue weighted by Gasteiger charge is 2.35. The van der Waals surface area contributed by atoms with Crippen molar-refractivity contribution in [2.75, 3.05) is 11.9 Å². The molecule has 0 aliphatic carbocycles. The lowest BCUT2D eigenvalue weighted by atomic mass is 9.98. The SMILES string of the molecule is O=C1CCC(C(=O)Nc2ccc(Br)cc2C(F)(F)F)CN1. The number of benzene rings is 1. The number of anilines is 1. The maximum atomic E-state index is 12.9. The number of carbonyl (C=O) groups is 2. The topological polar surface area (TPSA) is 58.2 Å². The molecule has 1 atom stereocenters. The van der Waals surface area contributed by atoms with Gasteiger partial charge in [-0.15, -0.1) is 0 Å². The minimum Gasteiger partial charge on any atom is -0.355 e. The summed E-state index contributed by atoms with van der Waals surface area (Å²) in [6.07, 6.45) is -4.03. The number of amides is 2. The third-order valence-electron chi connectivity index (χ3n) is 3.18. The average molecular weight is 365 g/mol. The van der Waals surface area contributed by atoms with Gasteiger partial charge in [0.25, 0.3) is 0 Å². The Bertz CT molecular complexity index is 565. The highest BCUT2D eigenvalue weighted by Crippen LogP contribution is 2.36. The number of piperidine rings is 1. The summed E-state index contributed by atoms with van der Waals surface area (Å²) in [5.41, 5.74) is -1.20. The van der Waals surface area contributed by atoms with Gasteiger partial charge >= 0.3 is 6.18 Å². The van der Waals surface area contributed by atoms with Gasteiger partial charge in [0.05, 0.1) is 17.2 Å². The Hall–Kier alpha value is -1.57. The van der Waals surface area contributed by atoms with Crippen LogP contribution in [0.25, 0.3) is 0 Å². The maximum Gasteiger partial charge on any atom is 0.418 e. The quantitative estimate of drug-likeness (QED) is 0.847. The molecule has 1 saturated heterocycles. The molecule has 2 N–H and O–H groups in total. The number of carbonyl (C=O) groups excluding carboxylic acids is 2. The second-order valence-corrected chi connectivity index (χ2v) is 5.63. The van der Waals surface area contributed by atoms with Crippen LogP contribution < -0.4 is 10.6 Å². The summed E-state index contributed by atoms with van der Waals surface area (Å²) in [6, 6.07) is 3.54. The summed E-state index contributed by atoms with van der Waals surface area (Å²) in [4.78, 5) is 23.0. The Morgan fingerprint density at radius 1 is 1.38 bits per heavy atom. The lowest BCUT2D eigenvalue weighted by Gasteiger charge is -2.22. The zero-order chi connectivity index (χ0) is 15.6. The molecular weight excluding hydrogens is 353 g/mol. The van der Waals surface area contributed by atoms with Gasteiger partial charge in [0.1, 0.15) is 0 Å². The van der Waals surface area contributed by atoms with Gasteiger partial charge in [-0.2, -0.15) is 13.2 Å². The van der Waals surface area contributed by atoms with Crippen LogP contribution in [0.5, 0.6) is 0 Å². The van der Waals surface area contributed by atoms with E-state index in [2.05, 4.69) is 26.6 Å². The van der Waals surface area contributed by atoms with Gasteiger partial charge in [-0.25, -0.2) is 0 Å². The van der Waals surface area contributed by atoms with Crippen molar-refractivity contribution in [2.45, 2.75) is 19.0 Å². The van der Waals surface area contributed by atoms with Crippen molar-refractivity contribution in [1.82, 2.24) is 5.32 Å². The number of hydrogen-bond acceptors (Lipinski definition) is 2. The van der Waals surface area contributed by atoms with Crippen molar-refractivity contribution in [3.05, 3.63) is 28.2 Å². The molecule has 0 spiro atoms. The Labute approximate surface area is 127 Å². The maximum absolute atomic E-state index is 12.9. The molecular formula is C13H12BrF3N2O2. The van der Waals surface area contributed by atoms with Gasteiger partial charge in [-0.3, -0.25) is 9.59 Å². The summed E-state index contributed by atoms with van der Waals surface area (Å²) >= 11 is 2.98. The lowest BCUT2D eigenvalue weighted by molar-refractivity contribution is -0.137. The van der Waals surface area contributed by atoms with Crippen LogP contribution in [-0.2, 0) is 15.8 Å². The van der Waals surface area contributed by atoms with Gasteiger partial charge in [0, 0.05) is 17.4 Å². The third kappa shape index (κ3) is 3.96. The summed E-state index contributed by atoms with van der Waals surface area (Å²) in [7, 11) is 0. The first-order valence-electron chi connectivity index (χ1n) is 6.21. The average Bonchev–Trinajstić information content (AvgIpc) is 2.40. The lowest BCUT2D eigenvalue weighted by Crippen LogP contribution is -2.40. The van der Waals surface area contributed by atoms with E-state index >= 15 is 0 Å². The van der Waals surface area contributed by atoms with Gasteiger partial charge < -0.3 is 10.6 Å². The third-order valence-corrected chi connectivity index (χ3v) is 3.67. The van der Waals surface area contributed by atoms with Crippen LogP contribution >= 0.6 is 15.9 Å². The van der Waals surface area contributed by atoms with Gasteiger partial charge in [-0.05, 0) is 24.6 Å². The van der Waals surface area contributed by atoms with Crippen LogP contribution in [-0.4, -0.2) is 18.4 Å². The molecule has 0 aromatic heterocycles. The van der Waals surface area contributed by atoms with Crippen LogP contribution in [0.1, 0.15) is 18.4 Å². The van der Waals surface area contributed by atoms with E-state index in [1.165, 1.54) is 12.1 Å². The van der Waals surface area contributed by atoms with E-state index in [1.807, 2.05) is 0 Å². The highest BCUT2D eigenvalue weighted by molar-refractivity contribution is 9.10. The smallest absolute Gasteiger partial charge is 0.355 e. The molecule has 4 nitrogen and oxygen atoms in total. The van der Waals surface area contributed by atoms with Crippen molar-refractivity contribution in [1.29, 1.82) is 0 Å². The highest BCUT2D eigenvalue weighted by atomic mass is 79.9. The zero-order valence-electron chi connectivity index (χ0n) is 10.8. The molecule has 0 saturated carbocycles. The van der Waals surface area contributed by atoms with Crippen LogP contribution in [0.15, 0.2) is 22.7 Å². The van der Waals surface area contributed by atoms with Crippen molar-refractivity contribution in [2.24, 2.45) is 5.92 Å². The molecule has 8 heteroatoms. The molecule has 1 aromatic rings. The summed E-state index contributed by atoms with van der Waals surface area (Å²) in [6.45, 7) is 0.141. The van der Waals surface area contributed by atoms with E-state index < -0.39 is 23.6 Å². The number of alkyl halides is 3. The predicted molar refractivity (Wildman–Crippen MR) is 73.5 cm³/mol. The molecule has 1 aliphatic rings. The summed E-state index contributed by atoms with van der Waals surface area (Å²) in [5, 5.41) is 4.82. The Kier molecular flexibility index (Phi) is 4.55. The van der Waals surface area contributed by atoms with Crippen LogP contribution in [0.2, 0.25) is 0 Å². The van der Waals surface area contributed by atoms with Gasteiger partial charge in [-0.1, -0.05) is 15.9 Å². The molecule has 1 heterocycles. The largest absolute Gasteiger partial charge is 0.418 e. The molecule has 2 rings (SSSR count). The van der Waals surface area contributed by atoms with E-state index in [0.717, 1.165) is 6.07 Å². The van der Waals surface area contributed by atoms with Crippen molar-refractivity contribution in [3.8, 4) is 0 Å². The molecule has 1 aliphatic heterocycles. The van der Waals surface area contributed by atoms with Gasteiger partial charge in [0.2, 0.25) is 11.8 Å².